The van der Waals surface area contributed by atoms with Crippen molar-refractivity contribution in [2.45, 2.75) is 24.8 Å². The summed E-state index contributed by atoms with van der Waals surface area (Å²) in [6.07, 6.45) is 1.84. The van der Waals surface area contributed by atoms with Crippen LogP contribution in [0.5, 0.6) is 5.75 Å². The first kappa shape index (κ1) is 16.5. The number of primary amides is 1. The van der Waals surface area contributed by atoms with E-state index in [1.165, 1.54) is 17.7 Å². The number of halogens is 1. The first-order valence-corrected chi connectivity index (χ1v) is 8.15. The molecule has 0 saturated heterocycles. The molecule has 1 aliphatic rings. The third-order valence-corrected chi connectivity index (χ3v) is 4.41. The van der Waals surface area contributed by atoms with Gasteiger partial charge in [-0.15, -0.1) is 0 Å². The highest BCUT2D eigenvalue weighted by atomic mass is 19.1. The van der Waals surface area contributed by atoms with Gasteiger partial charge in [-0.1, -0.05) is 30.3 Å². The van der Waals surface area contributed by atoms with E-state index in [4.69, 9.17) is 10.5 Å². The molecule has 0 aromatic heterocycles. The lowest BCUT2D eigenvalue weighted by Gasteiger charge is -2.26. The summed E-state index contributed by atoms with van der Waals surface area (Å²) in [4.78, 5) is 11.7. The highest BCUT2D eigenvalue weighted by molar-refractivity contribution is 5.81. The van der Waals surface area contributed by atoms with E-state index in [0.717, 1.165) is 18.6 Å². The zero-order valence-electron chi connectivity index (χ0n) is 13.4. The van der Waals surface area contributed by atoms with E-state index in [-0.39, 0.29) is 5.82 Å². The van der Waals surface area contributed by atoms with Crippen LogP contribution in [-0.4, -0.2) is 19.1 Å². The van der Waals surface area contributed by atoms with Crippen molar-refractivity contribution in [2.75, 3.05) is 13.2 Å². The Hall–Kier alpha value is -2.40. The van der Waals surface area contributed by atoms with Crippen molar-refractivity contribution in [3.8, 4) is 5.75 Å². The number of para-hydroxylation sites is 1. The summed E-state index contributed by atoms with van der Waals surface area (Å²) < 4.78 is 18.7. The van der Waals surface area contributed by atoms with Crippen LogP contribution in [-0.2, 0) is 4.79 Å². The van der Waals surface area contributed by atoms with Crippen LogP contribution in [0.15, 0.2) is 48.5 Å². The second kappa shape index (κ2) is 7.45. The quantitative estimate of drug-likeness (QED) is 0.857. The maximum atomic E-state index is 13.0. The number of benzene rings is 2. The Labute approximate surface area is 140 Å². The number of carbonyl (C=O) groups excluding carboxylic acids is 1. The third-order valence-electron chi connectivity index (χ3n) is 4.41. The van der Waals surface area contributed by atoms with Crippen LogP contribution in [0.2, 0.25) is 0 Å². The Morgan fingerprint density at radius 3 is 2.75 bits per heavy atom. The fraction of sp³-hybridized carbons (Fsp3) is 0.316. The maximum Gasteiger partial charge on any atom is 0.239 e. The summed E-state index contributed by atoms with van der Waals surface area (Å²) in [5, 5.41) is 3.20. The number of amides is 1. The number of hydrogen-bond donors (Lipinski definition) is 2. The molecule has 0 spiro atoms. The Morgan fingerprint density at radius 2 is 2.00 bits per heavy atom. The molecule has 0 fully saturated rings. The summed E-state index contributed by atoms with van der Waals surface area (Å²) in [5.74, 6) is 0.540. The molecule has 0 bridgehead atoms. The normalized spacial score (nSPS) is 17.6. The second-order valence-corrected chi connectivity index (χ2v) is 6.00. The number of hydrogen-bond acceptors (Lipinski definition) is 3. The molecule has 24 heavy (non-hydrogen) atoms. The van der Waals surface area contributed by atoms with Gasteiger partial charge in [0.2, 0.25) is 5.91 Å². The Bertz CT molecular complexity index is 703. The Morgan fingerprint density at radius 1 is 1.25 bits per heavy atom. The van der Waals surface area contributed by atoms with Gasteiger partial charge in [0.15, 0.2) is 0 Å². The summed E-state index contributed by atoms with van der Waals surface area (Å²) in [7, 11) is 0. The van der Waals surface area contributed by atoms with E-state index in [1.807, 2.05) is 18.2 Å². The summed E-state index contributed by atoms with van der Waals surface area (Å²) in [6, 6.07) is 13.3. The van der Waals surface area contributed by atoms with Gasteiger partial charge in [-0.25, -0.2) is 4.39 Å². The van der Waals surface area contributed by atoms with E-state index in [1.54, 1.807) is 12.1 Å². The SMILES string of the molecule is NC(=O)C(NCCC1CCOc2ccccc21)c1ccc(F)cc1. The molecule has 0 radical (unpaired) electrons. The van der Waals surface area contributed by atoms with E-state index < -0.39 is 11.9 Å². The number of nitrogens with one attached hydrogen (secondary N) is 1. The van der Waals surface area contributed by atoms with Gasteiger partial charge < -0.3 is 15.8 Å². The fourth-order valence-corrected chi connectivity index (χ4v) is 3.16. The van der Waals surface area contributed by atoms with Crippen LogP contribution in [0.4, 0.5) is 4.39 Å². The highest BCUT2D eigenvalue weighted by Gasteiger charge is 2.22. The Kier molecular flexibility index (Phi) is 5.11. The summed E-state index contributed by atoms with van der Waals surface area (Å²) in [5.41, 5.74) is 7.38. The molecule has 2 atom stereocenters. The summed E-state index contributed by atoms with van der Waals surface area (Å²) in [6.45, 7) is 1.35. The van der Waals surface area contributed by atoms with Gasteiger partial charge in [-0.05, 0) is 54.6 Å². The van der Waals surface area contributed by atoms with E-state index in [9.17, 15) is 9.18 Å². The van der Waals surface area contributed by atoms with Crippen LogP contribution in [0.25, 0.3) is 0 Å². The molecule has 5 heteroatoms. The number of carbonyl (C=O) groups is 1. The van der Waals surface area contributed by atoms with Crippen LogP contribution >= 0.6 is 0 Å². The average Bonchev–Trinajstić information content (AvgIpc) is 2.59. The molecule has 2 aromatic carbocycles. The van der Waals surface area contributed by atoms with Crippen LogP contribution < -0.4 is 15.8 Å². The van der Waals surface area contributed by atoms with Crippen molar-refractivity contribution in [3.63, 3.8) is 0 Å². The molecule has 0 aliphatic carbocycles. The van der Waals surface area contributed by atoms with Crippen LogP contribution in [0, 0.1) is 5.82 Å². The van der Waals surface area contributed by atoms with Crippen molar-refractivity contribution >= 4 is 5.91 Å². The van der Waals surface area contributed by atoms with Gasteiger partial charge in [0.1, 0.15) is 17.6 Å². The van der Waals surface area contributed by atoms with E-state index >= 15 is 0 Å². The van der Waals surface area contributed by atoms with Gasteiger partial charge >= 0.3 is 0 Å². The van der Waals surface area contributed by atoms with Gasteiger partial charge in [0.05, 0.1) is 6.61 Å². The molecule has 0 saturated carbocycles. The minimum absolute atomic E-state index is 0.333. The van der Waals surface area contributed by atoms with Gasteiger partial charge in [0.25, 0.3) is 0 Å². The van der Waals surface area contributed by atoms with Crippen molar-refractivity contribution < 1.29 is 13.9 Å². The van der Waals surface area contributed by atoms with E-state index in [2.05, 4.69) is 11.4 Å². The summed E-state index contributed by atoms with van der Waals surface area (Å²) >= 11 is 0. The molecule has 1 aliphatic heterocycles. The molecule has 3 rings (SSSR count). The van der Waals surface area contributed by atoms with Crippen molar-refractivity contribution in [2.24, 2.45) is 5.73 Å². The van der Waals surface area contributed by atoms with Crippen LogP contribution in [0.3, 0.4) is 0 Å². The number of rotatable bonds is 6. The number of ether oxygens (including phenoxy) is 1. The largest absolute Gasteiger partial charge is 0.493 e. The zero-order valence-corrected chi connectivity index (χ0v) is 13.4. The predicted molar refractivity (Wildman–Crippen MR) is 90.3 cm³/mol. The Balaban J connectivity index is 1.62. The number of nitrogens with two attached hydrogens (primary N) is 1. The topological polar surface area (TPSA) is 64.4 Å². The zero-order chi connectivity index (χ0) is 16.9. The minimum atomic E-state index is -0.610. The van der Waals surface area contributed by atoms with Crippen LogP contribution in [0.1, 0.15) is 35.9 Å². The van der Waals surface area contributed by atoms with Crippen molar-refractivity contribution in [1.29, 1.82) is 0 Å². The van der Waals surface area contributed by atoms with Gasteiger partial charge in [0, 0.05) is 0 Å². The van der Waals surface area contributed by atoms with Crippen molar-refractivity contribution in [3.05, 3.63) is 65.5 Å². The van der Waals surface area contributed by atoms with Gasteiger partial charge in [-0.3, -0.25) is 4.79 Å². The minimum Gasteiger partial charge on any atom is -0.493 e. The molecule has 3 N–H and O–H groups in total. The monoisotopic (exact) mass is 328 g/mol. The van der Waals surface area contributed by atoms with Crippen molar-refractivity contribution in [1.82, 2.24) is 5.32 Å². The average molecular weight is 328 g/mol. The molecule has 2 aromatic rings. The first-order chi connectivity index (χ1) is 11.6. The van der Waals surface area contributed by atoms with E-state index in [0.29, 0.717) is 24.6 Å². The number of fused-ring (bicyclic) bond motifs is 1. The standard InChI is InChI=1S/C19H21FN2O2/c20-15-7-5-14(6-8-15)18(19(21)23)22-11-9-13-10-12-24-17-4-2-1-3-16(13)17/h1-8,13,18,22H,9-12H2,(H2,21,23). The smallest absolute Gasteiger partial charge is 0.239 e. The fourth-order valence-electron chi connectivity index (χ4n) is 3.16. The molecule has 1 amide bonds. The maximum absolute atomic E-state index is 13.0. The lowest BCUT2D eigenvalue weighted by atomic mass is 9.90. The molecular weight excluding hydrogens is 307 g/mol. The molecule has 2 unspecified atom stereocenters. The highest BCUT2D eigenvalue weighted by Crippen LogP contribution is 2.35. The molecule has 1 heterocycles. The lowest BCUT2D eigenvalue weighted by Crippen LogP contribution is -2.34. The predicted octanol–water partition coefficient (Wildman–Crippen LogP) is 2.90. The van der Waals surface area contributed by atoms with Gasteiger partial charge in [-0.2, -0.15) is 0 Å². The first-order valence-electron chi connectivity index (χ1n) is 8.15. The lowest BCUT2D eigenvalue weighted by molar-refractivity contribution is -0.120. The third kappa shape index (κ3) is 3.74. The molecular formula is C19H21FN2O2. The second-order valence-electron chi connectivity index (χ2n) is 6.00. The molecule has 126 valence electrons. The molecule has 4 nitrogen and oxygen atoms in total.